The number of hydrogen-bond donors (Lipinski definition) is 2. The van der Waals surface area contributed by atoms with E-state index in [0.29, 0.717) is 27.9 Å². The van der Waals surface area contributed by atoms with E-state index in [9.17, 15) is 9.59 Å². The van der Waals surface area contributed by atoms with Crippen LogP contribution in [-0.2, 0) is 7.05 Å². The number of aliphatic imine (C=N–C) groups is 1. The van der Waals surface area contributed by atoms with E-state index in [4.69, 9.17) is 27.5 Å². The molecule has 0 spiro atoms. The first kappa shape index (κ1) is 24.5. The summed E-state index contributed by atoms with van der Waals surface area (Å²) >= 11 is 7.18. The molecule has 0 aliphatic carbocycles. The van der Waals surface area contributed by atoms with Crippen molar-refractivity contribution >= 4 is 40.4 Å². The van der Waals surface area contributed by atoms with Gasteiger partial charge in [0.2, 0.25) is 0 Å². The Morgan fingerprint density at radius 3 is 2.49 bits per heavy atom. The van der Waals surface area contributed by atoms with Crippen LogP contribution in [0.15, 0.2) is 74.3 Å². The van der Waals surface area contributed by atoms with Gasteiger partial charge in [-0.05, 0) is 67.5 Å². The summed E-state index contributed by atoms with van der Waals surface area (Å²) in [6.45, 7) is 1.82. The highest BCUT2D eigenvalue weighted by molar-refractivity contribution is 7.97. The van der Waals surface area contributed by atoms with Gasteiger partial charge < -0.3 is 5.73 Å². The second-order valence-corrected chi connectivity index (χ2v) is 8.76. The van der Waals surface area contributed by atoms with Crippen LogP contribution >= 0.6 is 23.5 Å². The van der Waals surface area contributed by atoms with Crippen molar-refractivity contribution in [2.24, 2.45) is 22.9 Å². The molecule has 180 valence electrons. The zero-order chi connectivity index (χ0) is 25.3. The molecule has 4 aromatic rings. The third kappa shape index (κ3) is 4.29. The Labute approximate surface area is 209 Å². The van der Waals surface area contributed by atoms with Crippen LogP contribution in [0.2, 0.25) is 5.02 Å². The van der Waals surface area contributed by atoms with Gasteiger partial charge >= 0.3 is 5.69 Å². The Balaban J connectivity index is 2.12. The number of nitrogens with zero attached hydrogens (tertiary/aromatic N) is 6. The maximum atomic E-state index is 13.4. The Bertz CT molecular complexity index is 1570. The number of pyridine rings is 1. The van der Waals surface area contributed by atoms with E-state index < -0.39 is 17.3 Å². The topological polar surface area (TPSA) is 139 Å². The zero-order valence-electron chi connectivity index (χ0n) is 19.2. The molecule has 3 heterocycles. The first-order valence-corrected chi connectivity index (χ1v) is 11.8. The smallest absolute Gasteiger partial charge is 0.333 e. The molecule has 35 heavy (non-hydrogen) atoms. The van der Waals surface area contributed by atoms with E-state index in [-0.39, 0.29) is 11.2 Å². The number of imidazole rings is 1. The van der Waals surface area contributed by atoms with Crippen molar-refractivity contribution in [3.8, 4) is 5.69 Å². The van der Waals surface area contributed by atoms with E-state index in [0.717, 1.165) is 21.4 Å². The third-order valence-corrected chi connectivity index (χ3v) is 6.37. The minimum absolute atomic E-state index is 0.196. The van der Waals surface area contributed by atoms with Crippen LogP contribution in [0.3, 0.4) is 0 Å². The third-order valence-electron chi connectivity index (χ3n) is 5.61. The van der Waals surface area contributed by atoms with Crippen molar-refractivity contribution in [2.45, 2.75) is 17.9 Å². The number of benzene rings is 1. The van der Waals surface area contributed by atoms with Crippen LogP contribution in [0.5, 0.6) is 0 Å². The standard InChI is InChI=1S/C23H23ClN8O2S/c1-13(17-9-8-16(35-26)12-28-17)31-21-19(22(33)30(3)23(31)34)32(15-6-4-14(24)5-7-15)20(29-21)18(27-2)10-11-25/h4-13H,25-26H2,1-3H3. The molecular formula is C23H23ClN8O2S. The number of aromatic nitrogens is 5. The van der Waals surface area contributed by atoms with Gasteiger partial charge in [-0.15, -0.1) is 0 Å². The highest BCUT2D eigenvalue weighted by Crippen LogP contribution is 2.25. The monoisotopic (exact) mass is 510 g/mol. The lowest BCUT2D eigenvalue weighted by Gasteiger charge is -2.17. The predicted octanol–water partition coefficient (Wildman–Crippen LogP) is 2.40. The molecule has 12 heteroatoms. The first-order valence-electron chi connectivity index (χ1n) is 10.5. The van der Waals surface area contributed by atoms with Crippen LogP contribution in [0.25, 0.3) is 16.9 Å². The number of fused-ring (bicyclic) bond motifs is 1. The highest BCUT2D eigenvalue weighted by atomic mass is 35.5. The number of allylic oxidation sites excluding steroid dienone is 1. The van der Waals surface area contributed by atoms with Gasteiger partial charge in [-0.25, -0.2) is 9.78 Å². The van der Waals surface area contributed by atoms with Gasteiger partial charge in [-0.2, -0.15) is 0 Å². The van der Waals surface area contributed by atoms with Crippen molar-refractivity contribution in [1.82, 2.24) is 23.7 Å². The molecule has 3 aromatic heterocycles. The highest BCUT2D eigenvalue weighted by Gasteiger charge is 2.26. The minimum atomic E-state index is -0.540. The number of rotatable bonds is 6. The number of halogens is 1. The van der Waals surface area contributed by atoms with Crippen LogP contribution in [0, 0.1) is 0 Å². The van der Waals surface area contributed by atoms with Gasteiger partial charge in [0.1, 0.15) is 5.71 Å². The fourth-order valence-corrected chi connectivity index (χ4v) is 4.20. The Morgan fingerprint density at radius 1 is 1.20 bits per heavy atom. The fraction of sp³-hybridized carbons (Fsp3) is 0.174. The zero-order valence-corrected chi connectivity index (χ0v) is 20.8. The number of nitrogens with two attached hydrogens (primary N) is 2. The van der Waals surface area contributed by atoms with Gasteiger partial charge in [-0.3, -0.25) is 33.6 Å². The lowest BCUT2D eigenvalue weighted by atomic mass is 10.2. The average Bonchev–Trinajstić information content (AvgIpc) is 3.26. The summed E-state index contributed by atoms with van der Waals surface area (Å²) in [5.41, 5.74) is 6.68. The van der Waals surface area contributed by atoms with Crippen LogP contribution in [0.1, 0.15) is 24.5 Å². The van der Waals surface area contributed by atoms with Crippen LogP contribution in [0.4, 0.5) is 0 Å². The molecule has 4 rings (SSSR count). The van der Waals surface area contributed by atoms with Crippen molar-refractivity contribution < 1.29 is 0 Å². The Hall–Kier alpha value is -3.67. The van der Waals surface area contributed by atoms with Gasteiger partial charge in [0, 0.05) is 35.9 Å². The molecule has 4 N–H and O–H groups in total. The van der Waals surface area contributed by atoms with Crippen LogP contribution in [-0.4, -0.2) is 36.4 Å². The van der Waals surface area contributed by atoms with Crippen molar-refractivity contribution in [3.63, 3.8) is 0 Å². The molecule has 0 saturated heterocycles. The van der Waals surface area contributed by atoms with E-state index in [1.54, 1.807) is 54.2 Å². The second kappa shape index (κ2) is 9.90. The molecular weight excluding hydrogens is 488 g/mol. The maximum Gasteiger partial charge on any atom is 0.333 e. The van der Waals surface area contributed by atoms with E-state index in [1.165, 1.54) is 17.8 Å². The normalized spacial score (nSPS) is 13.1. The predicted molar refractivity (Wildman–Crippen MR) is 139 cm³/mol. The summed E-state index contributed by atoms with van der Waals surface area (Å²) in [4.78, 5) is 41.0. The number of hydrogen-bond acceptors (Lipinski definition) is 8. The average molecular weight is 511 g/mol. The summed E-state index contributed by atoms with van der Waals surface area (Å²) in [6.07, 6.45) is 4.55. The molecule has 10 nitrogen and oxygen atoms in total. The Kier molecular flexibility index (Phi) is 6.92. The van der Waals surface area contributed by atoms with E-state index >= 15 is 0 Å². The van der Waals surface area contributed by atoms with Crippen molar-refractivity contribution in [1.29, 1.82) is 0 Å². The summed E-state index contributed by atoms with van der Waals surface area (Å²) in [7, 11) is 3.03. The molecule has 0 amide bonds. The molecule has 1 aromatic carbocycles. The van der Waals surface area contributed by atoms with Crippen LogP contribution < -0.4 is 22.1 Å². The fourth-order valence-electron chi connectivity index (χ4n) is 3.81. The molecule has 0 radical (unpaired) electrons. The first-order chi connectivity index (χ1) is 16.8. The minimum Gasteiger partial charge on any atom is -0.405 e. The molecule has 1 atom stereocenters. The lowest BCUT2D eigenvalue weighted by molar-refractivity contribution is 0.567. The summed E-state index contributed by atoms with van der Waals surface area (Å²) in [5.74, 6) is 0.345. The summed E-state index contributed by atoms with van der Waals surface area (Å²) in [6, 6.07) is 10.00. The largest absolute Gasteiger partial charge is 0.405 e. The molecule has 0 aliphatic heterocycles. The molecule has 1 unspecified atom stereocenters. The quantitative estimate of drug-likeness (QED) is 0.300. The molecule has 0 aliphatic rings. The summed E-state index contributed by atoms with van der Waals surface area (Å²) < 4.78 is 4.16. The maximum absolute atomic E-state index is 13.4. The van der Waals surface area contributed by atoms with Gasteiger partial charge in [0.05, 0.1) is 11.7 Å². The Morgan fingerprint density at radius 2 is 1.91 bits per heavy atom. The molecule has 0 saturated carbocycles. The molecule has 0 bridgehead atoms. The van der Waals surface area contributed by atoms with Gasteiger partial charge in [-0.1, -0.05) is 11.6 Å². The van der Waals surface area contributed by atoms with Gasteiger partial charge in [0.15, 0.2) is 17.0 Å². The van der Waals surface area contributed by atoms with Crippen molar-refractivity contribution in [2.75, 3.05) is 7.05 Å². The lowest BCUT2D eigenvalue weighted by Crippen LogP contribution is -2.40. The van der Waals surface area contributed by atoms with Crippen molar-refractivity contribution in [3.05, 3.63) is 92.3 Å². The second-order valence-electron chi connectivity index (χ2n) is 7.62. The van der Waals surface area contributed by atoms with E-state index in [2.05, 4.69) is 9.98 Å². The summed E-state index contributed by atoms with van der Waals surface area (Å²) in [5, 5.41) is 6.15. The van der Waals surface area contributed by atoms with Gasteiger partial charge in [0.25, 0.3) is 5.56 Å². The molecule has 0 fully saturated rings. The van der Waals surface area contributed by atoms with E-state index in [1.807, 2.05) is 13.0 Å². The SMILES string of the molecule is CN=C(C=CN)c1nc2c(c(=O)n(C)c(=O)n2C(C)c2ccc(SN)cn2)n1-c1ccc(Cl)cc1.